The lowest BCUT2D eigenvalue weighted by atomic mass is 9.96. The van der Waals surface area contributed by atoms with E-state index in [4.69, 9.17) is 23.8 Å². The number of fused-ring (bicyclic) bond motifs is 7. The summed E-state index contributed by atoms with van der Waals surface area (Å²) in [5.74, 6) is 1.82. The molecule has 48 heavy (non-hydrogen) atoms. The standard InChI is InChI=1S/C43H25N3O2/c1-2-11-27(12-3-1)41-44-42(30-21-20-26-10-4-5-13-28(26)24-30)46-43(45-41)34-16-9-19-37-40(34)39-31(15-8-18-36(39)48-37)29-22-23-33-32-14-6-7-17-35(32)47-38(33)25-29/h1-25H. The maximum atomic E-state index is 6.50. The fraction of sp³-hybridized carbons (Fsp3) is 0. The van der Waals surface area contributed by atoms with E-state index in [9.17, 15) is 0 Å². The normalized spacial score (nSPS) is 11.8. The molecule has 3 aromatic heterocycles. The SMILES string of the molecule is c1ccc(-c2nc(-c3ccc4ccccc4c3)nc(-c3cccc4oc5cccc(-c6ccc7c(c6)oc6ccccc67)c5c34)n2)cc1. The van der Waals surface area contributed by atoms with Crippen LogP contribution in [0.1, 0.15) is 0 Å². The molecule has 5 nitrogen and oxygen atoms in total. The first-order valence-corrected chi connectivity index (χ1v) is 15.9. The molecule has 0 atom stereocenters. The Balaban J connectivity index is 1.22. The zero-order valence-electron chi connectivity index (χ0n) is 25.6. The third-order valence-electron chi connectivity index (χ3n) is 9.13. The molecule has 5 heteroatoms. The van der Waals surface area contributed by atoms with Crippen molar-refractivity contribution in [1.82, 2.24) is 15.0 Å². The van der Waals surface area contributed by atoms with Crippen molar-refractivity contribution in [3.63, 3.8) is 0 Å². The average molecular weight is 616 g/mol. The molecule has 0 aliphatic rings. The van der Waals surface area contributed by atoms with Gasteiger partial charge in [-0.05, 0) is 58.3 Å². The fourth-order valence-electron chi connectivity index (χ4n) is 6.86. The van der Waals surface area contributed by atoms with Crippen LogP contribution in [0.2, 0.25) is 0 Å². The quantitative estimate of drug-likeness (QED) is 0.197. The van der Waals surface area contributed by atoms with E-state index in [1.165, 1.54) is 5.39 Å². The first-order valence-electron chi connectivity index (χ1n) is 15.9. The van der Waals surface area contributed by atoms with E-state index in [2.05, 4.69) is 78.9 Å². The second kappa shape index (κ2) is 10.5. The van der Waals surface area contributed by atoms with Crippen molar-refractivity contribution in [3.05, 3.63) is 152 Å². The summed E-state index contributed by atoms with van der Waals surface area (Å²) in [4.78, 5) is 15.2. The van der Waals surface area contributed by atoms with Crippen LogP contribution in [0.5, 0.6) is 0 Å². The fourth-order valence-corrected chi connectivity index (χ4v) is 6.86. The monoisotopic (exact) mass is 615 g/mol. The number of hydrogen-bond donors (Lipinski definition) is 0. The molecule has 0 saturated carbocycles. The van der Waals surface area contributed by atoms with Gasteiger partial charge in [0.2, 0.25) is 0 Å². The van der Waals surface area contributed by atoms with Crippen LogP contribution >= 0.6 is 0 Å². The molecule has 0 unspecified atom stereocenters. The highest BCUT2D eigenvalue weighted by molar-refractivity contribution is 6.18. The zero-order valence-corrected chi connectivity index (χ0v) is 25.6. The largest absolute Gasteiger partial charge is 0.456 e. The summed E-state index contributed by atoms with van der Waals surface area (Å²) in [5, 5.41) is 6.47. The van der Waals surface area contributed by atoms with Crippen LogP contribution in [0.3, 0.4) is 0 Å². The lowest BCUT2D eigenvalue weighted by Crippen LogP contribution is -2.00. The van der Waals surface area contributed by atoms with Crippen LogP contribution in [-0.2, 0) is 0 Å². The molecular weight excluding hydrogens is 590 g/mol. The molecule has 0 fully saturated rings. The summed E-state index contributed by atoms with van der Waals surface area (Å²) in [6.07, 6.45) is 0. The molecule has 0 N–H and O–H groups in total. The van der Waals surface area contributed by atoms with E-state index in [0.717, 1.165) is 77.1 Å². The minimum Gasteiger partial charge on any atom is -0.456 e. The summed E-state index contributed by atoms with van der Waals surface area (Å²) in [5.41, 5.74) is 8.13. The highest BCUT2D eigenvalue weighted by atomic mass is 16.3. The second-order valence-corrected chi connectivity index (χ2v) is 12.0. The van der Waals surface area contributed by atoms with E-state index < -0.39 is 0 Å². The lowest BCUT2D eigenvalue weighted by molar-refractivity contribution is 0.668. The van der Waals surface area contributed by atoms with Gasteiger partial charge in [-0.25, -0.2) is 15.0 Å². The Labute approximate surface area is 274 Å². The Morgan fingerprint density at radius 1 is 0.333 bits per heavy atom. The predicted molar refractivity (Wildman–Crippen MR) is 194 cm³/mol. The third kappa shape index (κ3) is 4.22. The first-order chi connectivity index (χ1) is 23.8. The van der Waals surface area contributed by atoms with Gasteiger partial charge in [-0.3, -0.25) is 0 Å². The maximum Gasteiger partial charge on any atom is 0.164 e. The molecular formula is C43H25N3O2. The molecule has 10 rings (SSSR count). The maximum absolute atomic E-state index is 6.50. The van der Waals surface area contributed by atoms with Crippen LogP contribution in [0.4, 0.5) is 0 Å². The highest BCUT2D eigenvalue weighted by Gasteiger charge is 2.20. The Morgan fingerprint density at radius 2 is 0.938 bits per heavy atom. The van der Waals surface area contributed by atoms with E-state index >= 15 is 0 Å². The van der Waals surface area contributed by atoms with Gasteiger partial charge in [0.15, 0.2) is 17.5 Å². The molecule has 0 amide bonds. The van der Waals surface area contributed by atoms with Gasteiger partial charge in [-0.2, -0.15) is 0 Å². The van der Waals surface area contributed by atoms with Crippen LogP contribution in [0.15, 0.2) is 160 Å². The molecule has 0 radical (unpaired) electrons. The van der Waals surface area contributed by atoms with Gasteiger partial charge in [0, 0.05) is 38.2 Å². The average Bonchev–Trinajstić information content (AvgIpc) is 3.73. The van der Waals surface area contributed by atoms with E-state index in [0.29, 0.717) is 17.5 Å². The minimum atomic E-state index is 0.586. The van der Waals surface area contributed by atoms with Crippen molar-refractivity contribution in [3.8, 4) is 45.3 Å². The molecule has 224 valence electrons. The minimum absolute atomic E-state index is 0.586. The molecule has 0 aliphatic carbocycles. The number of benzene rings is 7. The van der Waals surface area contributed by atoms with Crippen LogP contribution in [0.25, 0.3) is 99.9 Å². The van der Waals surface area contributed by atoms with E-state index in [1.54, 1.807) is 0 Å². The number of nitrogens with zero attached hydrogens (tertiary/aromatic N) is 3. The van der Waals surface area contributed by atoms with Crippen LogP contribution < -0.4 is 0 Å². The summed E-state index contributed by atoms with van der Waals surface area (Å²) in [6, 6.07) is 51.6. The summed E-state index contributed by atoms with van der Waals surface area (Å²) >= 11 is 0. The number of para-hydroxylation sites is 1. The van der Waals surface area contributed by atoms with E-state index in [-0.39, 0.29) is 0 Å². The molecule has 0 aliphatic heterocycles. The summed E-state index contributed by atoms with van der Waals surface area (Å²) in [6.45, 7) is 0. The predicted octanol–water partition coefficient (Wildman–Crippen LogP) is 11.5. The smallest absolute Gasteiger partial charge is 0.164 e. The molecule has 0 bridgehead atoms. The number of rotatable bonds is 4. The van der Waals surface area contributed by atoms with Gasteiger partial charge >= 0.3 is 0 Å². The van der Waals surface area contributed by atoms with Gasteiger partial charge in [-0.15, -0.1) is 0 Å². The molecule has 10 aromatic rings. The number of hydrogen-bond acceptors (Lipinski definition) is 5. The molecule has 0 spiro atoms. The van der Waals surface area contributed by atoms with Crippen molar-refractivity contribution in [2.75, 3.05) is 0 Å². The second-order valence-electron chi connectivity index (χ2n) is 12.0. The number of aromatic nitrogens is 3. The topological polar surface area (TPSA) is 65.0 Å². The van der Waals surface area contributed by atoms with Crippen molar-refractivity contribution in [2.45, 2.75) is 0 Å². The van der Waals surface area contributed by atoms with Gasteiger partial charge in [-0.1, -0.05) is 115 Å². The van der Waals surface area contributed by atoms with Crippen molar-refractivity contribution in [1.29, 1.82) is 0 Å². The van der Waals surface area contributed by atoms with Gasteiger partial charge in [0.05, 0.1) is 0 Å². The lowest BCUT2D eigenvalue weighted by Gasteiger charge is -2.10. The highest BCUT2D eigenvalue weighted by Crippen LogP contribution is 2.42. The Bertz CT molecular complexity index is 2850. The van der Waals surface area contributed by atoms with Crippen molar-refractivity contribution in [2.24, 2.45) is 0 Å². The summed E-state index contributed by atoms with van der Waals surface area (Å²) < 4.78 is 12.8. The Hall–Kier alpha value is -6.59. The van der Waals surface area contributed by atoms with Crippen molar-refractivity contribution < 1.29 is 8.83 Å². The molecule has 0 saturated heterocycles. The summed E-state index contributed by atoms with van der Waals surface area (Å²) in [7, 11) is 0. The first kappa shape index (κ1) is 26.6. The van der Waals surface area contributed by atoms with Crippen LogP contribution in [0, 0.1) is 0 Å². The van der Waals surface area contributed by atoms with Gasteiger partial charge in [0.25, 0.3) is 0 Å². The Morgan fingerprint density at radius 3 is 1.79 bits per heavy atom. The molecule has 3 heterocycles. The van der Waals surface area contributed by atoms with E-state index in [1.807, 2.05) is 72.8 Å². The number of furan rings is 2. The van der Waals surface area contributed by atoms with Crippen LogP contribution in [-0.4, -0.2) is 15.0 Å². The van der Waals surface area contributed by atoms with Gasteiger partial charge in [0.1, 0.15) is 22.3 Å². The van der Waals surface area contributed by atoms with Gasteiger partial charge < -0.3 is 8.83 Å². The Kier molecular flexibility index (Phi) is 5.81. The molecule has 7 aromatic carbocycles. The third-order valence-corrected chi connectivity index (χ3v) is 9.13. The van der Waals surface area contributed by atoms with Crippen molar-refractivity contribution >= 4 is 54.6 Å². The zero-order chi connectivity index (χ0) is 31.6.